The summed E-state index contributed by atoms with van der Waals surface area (Å²) in [6, 6.07) is 1.91. The maximum atomic E-state index is 12.1. The molecule has 6 nitrogen and oxygen atoms in total. The van der Waals surface area contributed by atoms with Gasteiger partial charge in [0.15, 0.2) is 6.61 Å². The first-order chi connectivity index (χ1) is 9.69. The van der Waals surface area contributed by atoms with Gasteiger partial charge in [-0.2, -0.15) is 13.2 Å². The average molecular weight is 306 g/mol. The summed E-state index contributed by atoms with van der Waals surface area (Å²) in [6.07, 6.45) is -3.68. The van der Waals surface area contributed by atoms with E-state index in [1.165, 1.54) is 25.3 Å². The van der Waals surface area contributed by atoms with Crippen LogP contribution < -0.4 is 10.1 Å². The van der Waals surface area contributed by atoms with E-state index in [1.807, 2.05) is 0 Å². The van der Waals surface area contributed by atoms with Crippen molar-refractivity contribution in [1.82, 2.24) is 10.3 Å². The predicted octanol–water partition coefficient (Wildman–Crippen LogP) is 1.62. The van der Waals surface area contributed by atoms with Gasteiger partial charge < -0.3 is 15.2 Å². The number of carboxylic acid groups (broad SMARTS) is 1. The molecule has 1 amide bonds. The Morgan fingerprint density at radius 3 is 2.71 bits per heavy atom. The third kappa shape index (κ3) is 6.11. The number of pyridine rings is 1. The van der Waals surface area contributed by atoms with E-state index >= 15 is 0 Å². The lowest BCUT2D eigenvalue weighted by atomic mass is 10.2. The van der Waals surface area contributed by atoms with Crippen LogP contribution in [0.2, 0.25) is 0 Å². The topological polar surface area (TPSA) is 88.5 Å². The van der Waals surface area contributed by atoms with E-state index in [9.17, 15) is 22.8 Å². The van der Waals surface area contributed by atoms with Gasteiger partial charge in [-0.25, -0.2) is 4.98 Å². The van der Waals surface area contributed by atoms with E-state index in [0.29, 0.717) is 0 Å². The third-order valence-corrected chi connectivity index (χ3v) is 2.25. The summed E-state index contributed by atoms with van der Waals surface area (Å²) in [6.45, 7) is -0.117. The highest BCUT2D eigenvalue weighted by molar-refractivity contribution is 5.96. The molecular weight excluding hydrogens is 293 g/mol. The van der Waals surface area contributed by atoms with Gasteiger partial charge in [0, 0.05) is 12.2 Å². The van der Waals surface area contributed by atoms with Gasteiger partial charge in [-0.3, -0.25) is 9.59 Å². The standard InChI is InChI=1S/C12H13F3N2O4/c1-7(5-9(18)19)17-10(20)8-3-2-4-16-11(8)21-6-12(13,14)15/h2-4,7H,5-6H2,1H3,(H,17,20)(H,18,19). The number of nitrogens with zero attached hydrogens (tertiary/aromatic N) is 1. The lowest BCUT2D eigenvalue weighted by Crippen LogP contribution is -2.34. The number of carbonyl (C=O) groups is 2. The number of aliphatic carboxylic acids is 1. The zero-order chi connectivity index (χ0) is 16.0. The van der Waals surface area contributed by atoms with Gasteiger partial charge in [-0.05, 0) is 19.1 Å². The molecule has 1 rings (SSSR count). The van der Waals surface area contributed by atoms with Crippen molar-refractivity contribution in [2.24, 2.45) is 0 Å². The van der Waals surface area contributed by atoms with Crippen molar-refractivity contribution in [3.05, 3.63) is 23.9 Å². The van der Waals surface area contributed by atoms with E-state index in [4.69, 9.17) is 5.11 Å². The number of halogens is 3. The molecule has 0 aliphatic rings. The van der Waals surface area contributed by atoms with Crippen molar-refractivity contribution in [3.63, 3.8) is 0 Å². The molecule has 1 unspecified atom stereocenters. The minimum atomic E-state index is -4.55. The molecule has 1 atom stereocenters. The lowest BCUT2D eigenvalue weighted by Gasteiger charge is -2.14. The maximum absolute atomic E-state index is 12.1. The number of carboxylic acids is 1. The Kier molecular flexibility index (Phi) is 5.51. The number of ether oxygens (including phenoxy) is 1. The summed E-state index contributed by atoms with van der Waals surface area (Å²) < 4.78 is 40.8. The second kappa shape index (κ2) is 6.91. The summed E-state index contributed by atoms with van der Waals surface area (Å²) in [5.41, 5.74) is -0.195. The molecule has 1 heterocycles. The monoisotopic (exact) mass is 306 g/mol. The first-order valence-corrected chi connectivity index (χ1v) is 5.86. The van der Waals surface area contributed by atoms with E-state index < -0.39 is 36.6 Å². The van der Waals surface area contributed by atoms with Crippen LogP contribution in [0.25, 0.3) is 0 Å². The molecule has 0 bridgehead atoms. The molecule has 0 aliphatic heterocycles. The third-order valence-electron chi connectivity index (χ3n) is 2.25. The maximum Gasteiger partial charge on any atom is 0.422 e. The second-order valence-electron chi connectivity index (χ2n) is 4.23. The zero-order valence-corrected chi connectivity index (χ0v) is 11.0. The molecule has 0 saturated heterocycles. The van der Waals surface area contributed by atoms with Crippen LogP contribution in [0.15, 0.2) is 18.3 Å². The fourth-order valence-corrected chi connectivity index (χ4v) is 1.44. The highest BCUT2D eigenvalue weighted by Crippen LogP contribution is 2.20. The Morgan fingerprint density at radius 1 is 1.48 bits per heavy atom. The fourth-order valence-electron chi connectivity index (χ4n) is 1.44. The van der Waals surface area contributed by atoms with Crippen LogP contribution >= 0.6 is 0 Å². The number of aromatic nitrogens is 1. The molecule has 0 aliphatic carbocycles. The van der Waals surface area contributed by atoms with Crippen LogP contribution in [0.4, 0.5) is 13.2 Å². The van der Waals surface area contributed by atoms with Crippen LogP contribution in [0.1, 0.15) is 23.7 Å². The summed E-state index contributed by atoms with van der Waals surface area (Å²) in [4.78, 5) is 25.9. The summed E-state index contributed by atoms with van der Waals surface area (Å²) >= 11 is 0. The van der Waals surface area contributed by atoms with Gasteiger partial charge in [0.25, 0.3) is 5.91 Å². The quantitative estimate of drug-likeness (QED) is 0.833. The number of alkyl halides is 3. The minimum Gasteiger partial charge on any atom is -0.481 e. The number of rotatable bonds is 6. The first kappa shape index (κ1) is 16.7. The van der Waals surface area contributed by atoms with Crippen molar-refractivity contribution in [1.29, 1.82) is 0 Å². The summed E-state index contributed by atoms with van der Waals surface area (Å²) in [7, 11) is 0. The highest BCUT2D eigenvalue weighted by Gasteiger charge is 2.29. The Balaban J connectivity index is 2.77. The number of carbonyl (C=O) groups excluding carboxylic acids is 1. The molecule has 1 aromatic rings. The van der Waals surface area contributed by atoms with Gasteiger partial charge in [0.05, 0.1) is 6.42 Å². The molecule has 0 fully saturated rings. The zero-order valence-electron chi connectivity index (χ0n) is 11.0. The smallest absolute Gasteiger partial charge is 0.422 e. The van der Waals surface area contributed by atoms with Crippen LogP contribution in [-0.2, 0) is 4.79 Å². The number of hydrogen-bond donors (Lipinski definition) is 2. The Labute approximate surface area is 117 Å². The minimum absolute atomic E-state index is 0.195. The van der Waals surface area contributed by atoms with Gasteiger partial charge in [-0.1, -0.05) is 0 Å². The van der Waals surface area contributed by atoms with Crippen molar-refractivity contribution >= 4 is 11.9 Å². The van der Waals surface area contributed by atoms with Crippen LogP contribution in [0.5, 0.6) is 5.88 Å². The van der Waals surface area contributed by atoms with E-state index in [1.54, 1.807) is 0 Å². The van der Waals surface area contributed by atoms with E-state index in [0.717, 1.165) is 0 Å². The molecule has 1 aromatic heterocycles. The SMILES string of the molecule is CC(CC(=O)O)NC(=O)c1cccnc1OCC(F)(F)F. The van der Waals surface area contributed by atoms with Gasteiger partial charge in [0.2, 0.25) is 5.88 Å². The van der Waals surface area contributed by atoms with Gasteiger partial charge in [0.1, 0.15) is 5.56 Å². The highest BCUT2D eigenvalue weighted by atomic mass is 19.4. The molecule has 0 spiro atoms. The molecule has 116 valence electrons. The van der Waals surface area contributed by atoms with E-state index in [2.05, 4.69) is 15.0 Å². The predicted molar refractivity (Wildman–Crippen MR) is 65.0 cm³/mol. The van der Waals surface area contributed by atoms with Crippen LogP contribution in [0, 0.1) is 0 Å². The largest absolute Gasteiger partial charge is 0.481 e. The molecule has 0 aromatic carbocycles. The van der Waals surface area contributed by atoms with Crippen molar-refractivity contribution in [2.75, 3.05) is 6.61 Å². The summed E-state index contributed by atoms with van der Waals surface area (Å²) in [5.74, 6) is -2.33. The number of amides is 1. The molecule has 2 N–H and O–H groups in total. The molecule has 0 radical (unpaired) electrons. The van der Waals surface area contributed by atoms with Gasteiger partial charge in [-0.15, -0.1) is 0 Å². The van der Waals surface area contributed by atoms with E-state index in [-0.39, 0.29) is 12.0 Å². The molecule has 9 heteroatoms. The number of hydrogen-bond acceptors (Lipinski definition) is 4. The average Bonchev–Trinajstić information content (AvgIpc) is 2.34. The Morgan fingerprint density at radius 2 is 2.14 bits per heavy atom. The first-order valence-electron chi connectivity index (χ1n) is 5.86. The van der Waals surface area contributed by atoms with Crippen molar-refractivity contribution < 1.29 is 32.6 Å². The van der Waals surface area contributed by atoms with Gasteiger partial charge >= 0.3 is 12.1 Å². The van der Waals surface area contributed by atoms with Crippen LogP contribution in [0.3, 0.4) is 0 Å². The Hall–Kier alpha value is -2.32. The number of nitrogens with one attached hydrogen (secondary N) is 1. The lowest BCUT2D eigenvalue weighted by molar-refractivity contribution is -0.154. The Bertz CT molecular complexity index is 519. The molecule has 0 saturated carbocycles. The normalized spacial score (nSPS) is 12.6. The second-order valence-corrected chi connectivity index (χ2v) is 4.23. The van der Waals surface area contributed by atoms with Crippen molar-refractivity contribution in [2.45, 2.75) is 25.6 Å². The fraction of sp³-hybridized carbons (Fsp3) is 0.417. The molecule has 21 heavy (non-hydrogen) atoms. The van der Waals surface area contributed by atoms with Crippen LogP contribution in [-0.4, -0.2) is 40.8 Å². The summed E-state index contributed by atoms with van der Waals surface area (Å²) in [5, 5.41) is 10.9. The van der Waals surface area contributed by atoms with Crippen molar-refractivity contribution in [3.8, 4) is 5.88 Å². The molecular formula is C12H13F3N2O4.